The maximum absolute atomic E-state index is 12.3. The molecule has 1 unspecified atom stereocenters. The van der Waals surface area contributed by atoms with Crippen molar-refractivity contribution < 1.29 is 41.7 Å². The molecule has 0 radical (unpaired) electrons. The number of sulfone groups is 1. The van der Waals surface area contributed by atoms with E-state index in [2.05, 4.69) is 9.47 Å². The van der Waals surface area contributed by atoms with Crippen LogP contribution in [0.3, 0.4) is 0 Å². The predicted octanol–water partition coefficient (Wildman–Crippen LogP) is 1.96. The fourth-order valence-electron chi connectivity index (χ4n) is 2.67. The van der Waals surface area contributed by atoms with Crippen LogP contribution < -0.4 is 9.47 Å². The van der Waals surface area contributed by atoms with Crippen molar-refractivity contribution in [2.24, 2.45) is 0 Å². The van der Waals surface area contributed by atoms with Gasteiger partial charge in [0.25, 0.3) is 0 Å². The molecular weight excluding hydrogens is 406 g/mol. The highest BCUT2D eigenvalue weighted by atomic mass is 32.2. The van der Waals surface area contributed by atoms with E-state index in [0.717, 1.165) is 11.8 Å². The topological polar surface area (TPSA) is 118 Å². The first kappa shape index (κ1) is 22.6. The molecule has 1 aromatic rings. The number of rotatable bonds is 9. The van der Waals surface area contributed by atoms with Crippen LogP contribution in [0.2, 0.25) is 0 Å². The van der Waals surface area contributed by atoms with Crippen LogP contribution in [0.4, 0.5) is 9.59 Å². The standard InChI is InChI=1S/C18H25NO9S/c1-4-19(13(2)9-14-5-6-15-16(10-14)26-11-25-15)17(20)27-12-28-18(21)24-7-8-29(3,22)23/h5-6,10,13H,4,7-9,11-12H2,1-3H3. The van der Waals surface area contributed by atoms with Gasteiger partial charge in [-0.25, -0.2) is 18.0 Å². The molecule has 1 atom stereocenters. The summed E-state index contributed by atoms with van der Waals surface area (Å²) in [6.45, 7) is 3.29. The average molecular weight is 431 g/mol. The molecule has 10 nitrogen and oxygen atoms in total. The van der Waals surface area contributed by atoms with Crippen molar-refractivity contribution in [3.8, 4) is 11.5 Å². The smallest absolute Gasteiger partial charge is 0.454 e. The van der Waals surface area contributed by atoms with E-state index in [1.165, 1.54) is 4.90 Å². The first-order valence-corrected chi connectivity index (χ1v) is 11.0. The quantitative estimate of drug-likeness (QED) is 0.427. The first-order valence-electron chi connectivity index (χ1n) is 8.98. The zero-order valence-electron chi connectivity index (χ0n) is 16.6. The monoisotopic (exact) mass is 431 g/mol. The van der Waals surface area contributed by atoms with Gasteiger partial charge in [-0.05, 0) is 38.0 Å². The molecule has 162 valence electrons. The average Bonchev–Trinajstić information content (AvgIpc) is 3.09. The van der Waals surface area contributed by atoms with Gasteiger partial charge < -0.3 is 28.6 Å². The number of likely N-dealkylation sites (N-methyl/N-ethyl adjacent to an activating group) is 1. The highest BCUT2D eigenvalue weighted by Gasteiger charge is 2.22. The molecule has 0 saturated carbocycles. The highest BCUT2D eigenvalue weighted by Crippen LogP contribution is 2.33. The Morgan fingerprint density at radius 3 is 2.59 bits per heavy atom. The van der Waals surface area contributed by atoms with Gasteiger partial charge in [0, 0.05) is 18.8 Å². The van der Waals surface area contributed by atoms with Crippen molar-refractivity contribution in [2.75, 3.05) is 38.7 Å². The summed E-state index contributed by atoms with van der Waals surface area (Å²) >= 11 is 0. The SMILES string of the molecule is CCN(C(=O)OCOC(=O)OCCS(C)(=O)=O)C(C)Cc1ccc2c(c1)OCO2. The van der Waals surface area contributed by atoms with Gasteiger partial charge >= 0.3 is 12.2 Å². The van der Waals surface area contributed by atoms with Crippen molar-refractivity contribution in [1.29, 1.82) is 0 Å². The molecule has 29 heavy (non-hydrogen) atoms. The van der Waals surface area contributed by atoms with Gasteiger partial charge in [-0.1, -0.05) is 6.07 Å². The summed E-state index contributed by atoms with van der Waals surface area (Å²) in [6, 6.07) is 5.41. The van der Waals surface area contributed by atoms with Crippen LogP contribution in [0, 0.1) is 0 Å². The fraction of sp³-hybridized carbons (Fsp3) is 0.556. The summed E-state index contributed by atoms with van der Waals surface area (Å²) in [4.78, 5) is 25.1. The number of amides is 1. The number of nitrogens with zero attached hydrogens (tertiary/aromatic N) is 1. The lowest BCUT2D eigenvalue weighted by molar-refractivity contribution is -0.0247. The van der Waals surface area contributed by atoms with E-state index in [-0.39, 0.29) is 25.2 Å². The molecule has 0 aromatic heterocycles. The fourth-order valence-corrected chi connectivity index (χ4v) is 3.05. The van der Waals surface area contributed by atoms with Crippen LogP contribution in [0.25, 0.3) is 0 Å². The third-order valence-corrected chi connectivity index (χ3v) is 5.02. The molecule has 2 rings (SSSR count). The minimum atomic E-state index is -3.25. The van der Waals surface area contributed by atoms with Gasteiger partial charge in [0.2, 0.25) is 13.6 Å². The Morgan fingerprint density at radius 1 is 1.17 bits per heavy atom. The van der Waals surface area contributed by atoms with E-state index in [1.807, 2.05) is 25.1 Å². The van der Waals surface area contributed by atoms with Gasteiger partial charge in [0.1, 0.15) is 6.61 Å². The molecule has 0 bridgehead atoms. The number of ether oxygens (including phenoxy) is 5. The van der Waals surface area contributed by atoms with Gasteiger partial charge in [-0.2, -0.15) is 0 Å². The van der Waals surface area contributed by atoms with Crippen molar-refractivity contribution in [3.63, 3.8) is 0 Å². The number of fused-ring (bicyclic) bond motifs is 1. The maximum atomic E-state index is 12.3. The number of hydrogen-bond donors (Lipinski definition) is 0. The summed E-state index contributed by atoms with van der Waals surface area (Å²) < 4.78 is 46.7. The second-order valence-electron chi connectivity index (χ2n) is 6.43. The van der Waals surface area contributed by atoms with Gasteiger partial charge in [0.15, 0.2) is 21.3 Å². The lowest BCUT2D eigenvalue weighted by atomic mass is 10.1. The normalized spacial score (nSPS) is 13.5. The third-order valence-electron chi connectivity index (χ3n) is 4.11. The van der Waals surface area contributed by atoms with Crippen LogP contribution in [0.5, 0.6) is 11.5 Å². The molecule has 0 fully saturated rings. The van der Waals surface area contributed by atoms with Crippen LogP contribution in [0.1, 0.15) is 19.4 Å². The molecule has 0 saturated heterocycles. The van der Waals surface area contributed by atoms with Crippen LogP contribution in [-0.4, -0.2) is 70.4 Å². The molecule has 11 heteroatoms. The summed E-state index contributed by atoms with van der Waals surface area (Å²) in [5.74, 6) is 1.04. The minimum absolute atomic E-state index is 0.186. The maximum Gasteiger partial charge on any atom is 0.511 e. The summed E-state index contributed by atoms with van der Waals surface area (Å²) in [5.41, 5.74) is 0.971. The summed E-state index contributed by atoms with van der Waals surface area (Å²) in [5, 5.41) is 0. The lowest BCUT2D eigenvalue weighted by Crippen LogP contribution is -2.40. The molecule has 1 heterocycles. The second kappa shape index (κ2) is 10.2. The zero-order valence-corrected chi connectivity index (χ0v) is 17.4. The Bertz CT molecular complexity index is 825. The molecule has 0 N–H and O–H groups in total. The molecule has 1 amide bonds. The number of benzene rings is 1. The Balaban J connectivity index is 1.76. The minimum Gasteiger partial charge on any atom is -0.454 e. The van der Waals surface area contributed by atoms with E-state index in [4.69, 9.17) is 14.2 Å². The van der Waals surface area contributed by atoms with Crippen molar-refractivity contribution in [2.45, 2.75) is 26.3 Å². The van der Waals surface area contributed by atoms with Crippen LogP contribution in [-0.2, 0) is 30.5 Å². The third kappa shape index (κ3) is 7.33. The van der Waals surface area contributed by atoms with E-state index in [9.17, 15) is 18.0 Å². The van der Waals surface area contributed by atoms with Crippen molar-refractivity contribution in [1.82, 2.24) is 4.90 Å². The van der Waals surface area contributed by atoms with E-state index in [1.54, 1.807) is 6.92 Å². The molecule has 1 aliphatic rings. The van der Waals surface area contributed by atoms with E-state index in [0.29, 0.717) is 24.5 Å². The van der Waals surface area contributed by atoms with Gasteiger partial charge in [0.05, 0.1) is 5.75 Å². The van der Waals surface area contributed by atoms with Crippen molar-refractivity contribution in [3.05, 3.63) is 23.8 Å². The molecule has 1 aliphatic heterocycles. The largest absolute Gasteiger partial charge is 0.511 e. The molecule has 0 aliphatic carbocycles. The Labute approximate surface area is 169 Å². The first-order chi connectivity index (χ1) is 13.7. The van der Waals surface area contributed by atoms with Gasteiger partial charge in [-0.3, -0.25) is 0 Å². The predicted molar refractivity (Wildman–Crippen MR) is 102 cm³/mol. The number of carbonyl (C=O) groups is 2. The molecule has 1 aromatic carbocycles. The molecule has 0 spiro atoms. The van der Waals surface area contributed by atoms with E-state index < -0.39 is 28.9 Å². The Kier molecular flexibility index (Phi) is 7.94. The van der Waals surface area contributed by atoms with Crippen LogP contribution in [0.15, 0.2) is 18.2 Å². The van der Waals surface area contributed by atoms with E-state index >= 15 is 0 Å². The lowest BCUT2D eigenvalue weighted by Gasteiger charge is -2.27. The Hall–Kier alpha value is -2.69. The second-order valence-corrected chi connectivity index (χ2v) is 8.69. The summed E-state index contributed by atoms with van der Waals surface area (Å²) in [6.07, 6.45) is -0.177. The van der Waals surface area contributed by atoms with Crippen LogP contribution >= 0.6 is 0 Å². The van der Waals surface area contributed by atoms with Crippen molar-refractivity contribution >= 4 is 22.1 Å². The summed E-state index contributed by atoms with van der Waals surface area (Å²) in [7, 11) is -3.25. The molecular formula is C18H25NO9S. The number of hydrogen-bond acceptors (Lipinski definition) is 9. The zero-order chi connectivity index (χ0) is 21.4. The highest BCUT2D eigenvalue weighted by molar-refractivity contribution is 7.90. The van der Waals surface area contributed by atoms with Gasteiger partial charge in [-0.15, -0.1) is 0 Å². The number of carbonyl (C=O) groups excluding carboxylic acids is 2. The Morgan fingerprint density at radius 2 is 1.90 bits per heavy atom.